The Morgan fingerprint density at radius 3 is 2.94 bits per heavy atom. The first-order valence-corrected chi connectivity index (χ1v) is 6.03. The Bertz CT molecular complexity index is 491. The molecule has 1 N–H and O–H groups in total. The Morgan fingerprint density at radius 1 is 1.50 bits per heavy atom. The molecule has 0 unspecified atom stereocenters. The van der Waals surface area contributed by atoms with Crippen LogP contribution >= 0.6 is 0 Å². The average molecular weight is 251 g/mol. The van der Waals surface area contributed by atoms with E-state index in [4.69, 9.17) is 9.47 Å². The number of epoxide rings is 1. The van der Waals surface area contributed by atoms with Crippen molar-refractivity contribution in [3.05, 3.63) is 24.0 Å². The van der Waals surface area contributed by atoms with Crippen LogP contribution in [0.2, 0.25) is 0 Å². The number of anilines is 1. The number of rotatable bonds is 3. The highest BCUT2D eigenvalue weighted by molar-refractivity contribution is 5.90. The average Bonchev–Trinajstić information content (AvgIpc) is 2.99. The monoisotopic (exact) mass is 251 g/mol. The lowest BCUT2D eigenvalue weighted by Crippen LogP contribution is -2.20. The maximum Gasteiger partial charge on any atom is 0.221 e. The molecule has 1 amide bonds. The van der Waals surface area contributed by atoms with Crippen molar-refractivity contribution in [2.75, 3.05) is 5.32 Å². The minimum Gasteiger partial charge on any atom is -0.485 e. The normalized spacial score (nSPS) is 28.7. The Morgan fingerprint density at radius 2 is 2.33 bits per heavy atom. The number of amides is 1. The SMILES string of the molecule is CC(=O)Nc1ccc(F)cc1O[C@H]1CC[C@H]2O[C@@H]12. The molecule has 3 atom stereocenters. The summed E-state index contributed by atoms with van der Waals surface area (Å²) in [5, 5.41) is 2.63. The molecule has 2 aliphatic rings. The minimum absolute atomic E-state index is 0.0377. The number of halogens is 1. The largest absolute Gasteiger partial charge is 0.485 e. The molecule has 96 valence electrons. The lowest BCUT2D eigenvalue weighted by Gasteiger charge is -2.17. The summed E-state index contributed by atoms with van der Waals surface area (Å²) in [5.74, 6) is -0.227. The van der Waals surface area contributed by atoms with Crippen LogP contribution in [0.25, 0.3) is 0 Å². The second-order valence-electron chi connectivity index (χ2n) is 4.69. The number of nitrogens with one attached hydrogen (secondary N) is 1. The molecule has 5 heteroatoms. The molecule has 18 heavy (non-hydrogen) atoms. The summed E-state index contributed by atoms with van der Waals surface area (Å²) in [6.45, 7) is 1.41. The zero-order valence-electron chi connectivity index (χ0n) is 9.98. The number of fused-ring (bicyclic) bond motifs is 1. The van der Waals surface area contributed by atoms with E-state index < -0.39 is 0 Å². The van der Waals surface area contributed by atoms with Gasteiger partial charge in [0.2, 0.25) is 5.91 Å². The second kappa shape index (κ2) is 4.24. The summed E-state index contributed by atoms with van der Waals surface area (Å²) in [4.78, 5) is 11.1. The first-order valence-electron chi connectivity index (χ1n) is 6.03. The van der Waals surface area contributed by atoms with Gasteiger partial charge in [0.1, 0.15) is 23.8 Å². The van der Waals surface area contributed by atoms with E-state index in [1.807, 2.05) is 0 Å². The van der Waals surface area contributed by atoms with Gasteiger partial charge in [0.05, 0.1) is 11.8 Å². The van der Waals surface area contributed by atoms with Crippen molar-refractivity contribution in [3.63, 3.8) is 0 Å². The Labute approximate surface area is 104 Å². The zero-order chi connectivity index (χ0) is 12.7. The molecule has 0 bridgehead atoms. The van der Waals surface area contributed by atoms with Crippen LogP contribution in [0.15, 0.2) is 18.2 Å². The van der Waals surface area contributed by atoms with Crippen LogP contribution in [-0.4, -0.2) is 24.2 Å². The third-order valence-electron chi connectivity index (χ3n) is 3.26. The van der Waals surface area contributed by atoms with Crippen LogP contribution in [-0.2, 0) is 9.53 Å². The number of hydrogen-bond donors (Lipinski definition) is 1. The third-order valence-corrected chi connectivity index (χ3v) is 3.26. The standard InChI is InChI=1S/C13H14FNO3/c1-7(16)15-9-3-2-8(14)6-12(9)17-10-4-5-11-13(10)18-11/h2-3,6,10-11,13H,4-5H2,1H3,(H,15,16)/t10-,11+,13-/m0/s1. The van der Waals surface area contributed by atoms with Gasteiger partial charge in [-0.2, -0.15) is 0 Å². The smallest absolute Gasteiger partial charge is 0.221 e. The van der Waals surface area contributed by atoms with E-state index in [2.05, 4.69) is 5.32 Å². The van der Waals surface area contributed by atoms with Gasteiger partial charge in [-0.1, -0.05) is 0 Å². The van der Waals surface area contributed by atoms with Gasteiger partial charge in [-0.05, 0) is 25.0 Å². The topological polar surface area (TPSA) is 50.9 Å². The molecule has 3 rings (SSSR count). The van der Waals surface area contributed by atoms with Gasteiger partial charge < -0.3 is 14.8 Å². The summed E-state index contributed by atoms with van der Waals surface area (Å²) in [6.07, 6.45) is 2.31. The zero-order valence-corrected chi connectivity index (χ0v) is 9.98. The summed E-state index contributed by atoms with van der Waals surface area (Å²) in [7, 11) is 0. The number of carbonyl (C=O) groups is 1. The summed E-state index contributed by atoms with van der Waals surface area (Å²) in [6, 6.07) is 4.09. The van der Waals surface area contributed by atoms with E-state index in [1.54, 1.807) is 0 Å². The van der Waals surface area contributed by atoms with Crippen LogP contribution in [0, 0.1) is 5.82 Å². The fourth-order valence-corrected chi connectivity index (χ4v) is 2.38. The number of carbonyl (C=O) groups excluding carboxylic acids is 1. The molecule has 1 aliphatic heterocycles. The molecule has 1 saturated heterocycles. The number of ether oxygens (including phenoxy) is 2. The van der Waals surface area contributed by atoms with Gasteiger partial charge in [0.15, 0.2) is 0 Å². The number of benzene rings is 1. The molecule has 1 aliphatic carbocycles. The molecule has 1 heterocycles. The minimum atomic E-state index is -0.384. The second-order valence-corrected chi connectivity index (χ2v) is 4.69. The molecule has 2 fully saturated rings. The molecule has 0 radical (unpaired) electrons. The van der Waals surface area contributed by atoms with E-state index in [0.29, 0.717) is 17.5 Å². The highest BCUT2D eigenvalue weighted by Gasteiger charge is 2.51. The van der Waals surface area contributed by atoms with Crippen molar-refractivity contribution >= 4 is 11.6 Å². The fraction of sp³-hybridized carbons (Fsp3) is 0.462. The fourth-order valence-electron chi connectivity index (χ4n) is 2.38. The number of hydrogen-bond acceptors (Lipinski definition) is 3. The molecule has 1 aromatic rings. The Balaban J connectivity index is 1.79. The predicted molar refractivity (Wildman–Crippen MR) is 63.0 cm³/mol. The van der Waals surface area contributed by atoms with E-state index in [9.17, 15) is 9.18 Å². The molecule has 1 aromatic carbocycles. The van der Waals surface area contributed by atoms with E-state index in [0.717, 1.165) is 12.8 Å². The molecule has 0 aromatic heterocycles. The van der Waals surface area contributed by atoms with Gasteiger partial charge in [0.25, 0.3) is 0 Å². The first kappa shape index (κ1) is 11.5. The van der Waals surface area contributed by atoms with Crippen molar-refractivity contribution in [3.8, 4) is 5.75 Å². The van der Waals surface area contributed by atoms with Gasteiger partial charge in [0, 0.05) is 13.0 Å². The van der Waals surface area contributed by atoms with Crippen molar-refractivity contribution in [2.45, 2.75) is 38.1 Å². The maximum absolute atomic E-state index is 13.2. The maximum atomic E-state index is 13.2. The van der Waals surface area contributed by atoms with Gasteiger partial charge in [-0.3, -0.25) is 4.79 Å². The van der Waals surface area contributed by atoms with Crippen LogP contribution in [0.3, 0.4) is 0 Å². The van der Waals surface area contributed by atoms with Crippen molar-refractivity contribution < 1.29 is 18.7 Å². The van der Waals surface area contributed by atoms with Crippen molar-refractivity contribution in [1.29, 1.82) is 0 Å². The van der Waals surface area contributed by atoms with Crippen LogP contribution < -0.4 is 10.1 Å². The highest BCUT2D eigenvalue weighted by Crippen LogP contribution is 2.41. The Hall–Kier alpha value is -1.62. The van der Waals surface area contributed by atoms with E-state index >= 15 is 0 Å². The third kappa shape index (κ3) is 2.18. The molecule has 1 saturated carbocycles. The van der Waals surface area contributed by atoms with Gasteiger partial charge in [-0.15, -0.1) is 0 Å². The molecular weight excluding hydrogens is 237 g/mol. The van der Waals surface area contributed by atoms with Crippen molar-refractivity contribution in [1.82, 2.24) is 0 Å². The lowest BCUT2D eigenvalue weighted by atomic mass is 10.2. The first-order chi connectivity index (χ1) is 8.63. The van der Waals surface area contributed by atoms with E-state index in [-0.39, 0.29) is 23.9 Å². The summed E-state index contributed by atoms with van der Waals surface area (Å²) in [5.41, 5.74) is 0.494. The van der Waals surface area contributed by atoms with Crippen LogP contribution in [0.4, 0.5) is 10.1 Å². The molecule has 0 spiro atoms. The highest BCUT2D eigenvalue weighted by atomic mass is 19.1. The van der Waals surface area contributed by atoms with E-state index in [1.165, 1.54) is 25.1 Å². The van der Waals surface area contributed by atoms with Crippen molar-refractivity contribution in [2.24, 2.45) is 0 Å². The molecular formula is C13H14FNO3. The van der Waals surface area contributed by atoms with Gasteiger partial charge in [-0.25, -0.2) is 4.39 Å². The lowest BCUT2D eigenvalue weighted by molar-refractivity contribution is -0.114. The Kier molecular flexibility index (Phi) is 2.70. The van der Waals surface area contributed by atoms with Crippen LogP contribution in [0.1, 0.15) is 19.8 Å². The van der Waals surface area contributed by atoms with Crippen LogP contribution in [0.5, 0.6) is 5.75 Å². The van der Waals surface area contributed by atoms with Gasteiger partial charge >= 0.3 is 0 Å². The quantitative estimate of drug-likeness (QED) is 0.837. The summed E-state index contributed by atoms with van der Waals surface area (Å²) < 4.78 is 24.4. The molecule has 4 nitrogen and oxygen atoms in total. The predicted octanol–water partition coefficient (Wildman–Crippen LogP) is 2.09. The summed E-state index contributed by atoms with van der Waals surface area (Å²) >= 11 is 0.